The largest absolute Gasteiger partial charge is 0.281 e. The predicted molar refractivity (Wildman–Crippen MR) is 60.1 cm³/mol. The average Bonchev–Trinajstić information content (AvgIpc) is 2.17. The molecule has 0 aliphatic carbocycles. The molecule has 0 saturated heterocycles. The number of aryl methyl sites for hydroxylation is 1. The lowest BCUT2D eigenvalue weighted by atomic mass is 10.0. The molecule has 1 aliphatic heterocycles. The highest BCUT2D eigenvalue weighted by atomic mass is 35.5. The number of nitrogens with zero attached hydrogens (tertiary/aromatic N) is 2. The van der Waals surface area contributed by atoms with Gasteiger partial charge in [-0.15, -0.1) is 0 Å². The number of halogens is 1. The molecule has 0 fully saturated rings. The first kappa shape index (κ1) is 9.98. The van der Waals surface area contributed by atoms with Crippen LogP contribution in [0.15, 0.2) is 18.2 Å². The second-order valence-electron chi connectivity index (χ2n) is 3.37. The van der Waals surface area contributed by atoms with Gasteiger partial charge in [0.1, 0.15) is 0 Å². The standard InChI is InChI=1S/C10H9ClN2O2/c1-7-4-5-9-8(10(7)13(14)15)3-2-6-12(9)11/h2-5H,6H2,1H3. The van der Waals surface area contributed by atoms with Crippen molar-refractivity contribution in [2.75, 3.05) is 11.0 Å². The number of nitro benzene ring substituents is 1. The second-order valence-corrected chi connectivity index (χ2v) is 3.78. The predicted octanol–water partition coefficient (Wildman–Crippen LogP) is 2.89. The summed E-state index contributed by atoms with van der Waals surface area (Å²) in [5.74, 6) is 0. The summed E-state index contributed by atoms with van der Waals surface area (Å²) in [7, 11) is 0. The van der Waals surface area contributed by atoms with Gasteiger partial charge in [-0.25, -0.2) is 0 Å². The first-order chi connectivity index (χ1) is 7.11. The van der Waals surface area contributed by atoms with Crippen molar-refractivity contribution in [2.24, 2.45) is 0 Å². The first-order valence-corrected chi connectivity index (χ1v) is 4.83. The van der Waals surface area contributed by atoms with E-state index in [1.807, 2.05) is 6.08 Å². The minimum absolute atomic E-state index is 0.133. The van der Waals surface area contributed by atoms with E-state index in [4.69, 9.17) is 11.8 Å². The van der Waals surface area contributed by atoms with Crippen molar-refractivity contribution in [1.82, 2.24) is 0 Å². The molecule has 5 heteroatoms. The number of anilines is 1. The van der Waals surface area contributed by atoms with Gasteiger partial charge in [-0.2, -0.15) is 0 Å². The molecule has 0 atom stereocenters. The van der Waals surface area contributed by atoms with Crippen molar-refractivity contribution in [2.45, 2.75) is 6.92 Å². The monoisotopic (exact) mass is 224 g/mol. The van der Waals surface area contributed by atoms with E-state index in [9.17, 15) is 10.1 Å². The van der Waals surface area contributed by atoms with Crippen LogP contribution in [0.25, 0.3) is 6.08 Å². The Labute approximate surface area is 92.0 Å². The van der Waals surface area contributed by atoms with Crippen molar-refractivity contribution in [1.29, 1.82) is 0 Å². The summed E-state index contributed by atoms with van der Waals surface area (Å²) in [6.07, 6.45) is 3.56. The van der Waals surface area contributed by atoms with Gasteiger partial charge in [0, 0.05) is 17.3 Å². The maximum absolute atomic E-state index is 10.9. The van der Waals surface area contributed by atoms with Crippen LogP contribution in [0.2, 0.25) is 0 Å². The molecule has 0 spiro atoms. The number of benzene rings is 1. The third kappa shape index (κ3) is 1.57. The highest BCUT2D eigenvalue weighted by molar-refractivity contribution is 6.26. The molecular formula is C10H9ClN2O2. The number of nitro groups is 1. The Kier molecular flexibility index (Phi) is 2.36. The molecule has 78 valence electrons. The Hall–Kier alpha value is -1.55. The van der Waals surface area contributed by atoms with Crippen LogP contribution in [0.1, 0.15) is 11.1 Å². The normalized spacial score (nSPS) is 13.9. The summed E-state index contributed by atoms with van der Waals surface area (Å²) in [5.41, 5.74) is 2.06. The fourth-order valence-electron chi connectivity index (χ4n) is 1.69. The van der Waals surface area contributed by atoms with Crippen molar-refractivity contribution in [3.05, 3.63) is 39.4 Å². The molecule has 0 radical (unpaired) electrons. The molecule has 1 aromatic carbocycles. The van der Waals surface area contributed by atoms with Crippen LogP contribution >= 0.6 is 11.8 Å². The maximum atomic E-state index is 10.9. The van der Waals surface area contributed by atoms with Gasteiger partial charge < -0.3 is 0 Å². The van der Waals surface area contributed by atoms with Gasteiger partial charge in [-0.3, -0.25) is 14.5 Å². The minimum atomic E-state index is -0.367. The molecule has 0 bridgehead atoms. The highest BCUT2D eigenvalue weighted by Crippen LogP contribution is 2.36. The summed E-state index contributed by atoms with van der Waals surface area (Å²) in [5, 5.41) is 10.9. The lowest BCUT2D eigenvalue weighted by Gasteiger charge is -2.20. The topological polar surface area (TPSA) is 46.4 Å². The summed E-state index contributed by atoms with van der Waals surface area (Å²) < 4.78 is 1.47. The lowest BCUT2D eigenvalue weighted by Crippen LogP contribution is -2.15. The summed E-state index contributed by atoms with van der Waals surface area (Å²) in [6, 6.07) is 3.51. The fourth-order valence-corrected chi connectivity index (χ4v) is 1.91. The molecule has 0 aromatic heterocycles. The Morgan fingerprint density at radius 3 is 2.93 bits per heavy atom. The molecule has 4 nitrogen and oxygen atoms in total. The minimum Gasteiger partial charge on any atom is -0.281 e. The van der Waals surface area contributed by atoms with E-state index in [2.05, 4.69) is 0 Å². The molecule has 15 heavy (non-hydrogen) atoms. The Bertz CT molecular complexity index is 457. The zero-order valence-electron chi connectivity index (χ0n) is 8.11. The Morgan fingerprint density at radius 1 is 1.53 bits per heavy atom. The van der Waals surface area contributed by atoms with Gasteiger partial charge in [0.2, 0.25) is 0 Å². The lowest BCUT2D eigenvalue weighted by molar-refractivity contribution is -0.385. The SMILES string of the molecule is Cc1ccc2c(c1[N+](=O)[O-])C=CCN2Cl. The van der Waals surface area contributed by atoms with Crippen molar-refractivity contribution in [3.8, 4) is 0 Å². The Morgan fingerprint density at radius 2 is 2.27 bits per heavy atom. The van der Waals surface area contributed by atoms with E-state index in [1.54, 1.807) is 25.1 Å². The number of fused-ring (bicyclic) bond motifs is 1. The molecule has 2 rings (SSSR count). The van der Waals surface area contributed by atoms with Crippen molar-refractivity contribution < 1.29 is 4.92 Å². The van der Waals surface area contributed by atoms with Crippen LogP contribution in [0.3, 0.4) is 0 Å². The fraction of sp³-hybridized carbons (Fsp3) is 0.200. The third-order valence-corrected chi connectivity index (χ3v) is 2.71. The smallest absolute Gasteiger partial charge is 0.281 e. The van der Waals surface area contributed by atoms with Crippen LogP contribution in [-0.4, -0.2) is 11.5 Å². The number of hydrogen-bond donors (Lipinski definition) is 0. The van der Waals surface area contributed by atoms with Crippen LogP contribution in [-0.2, 0) is 0 Å². The molecule has 0 N–H and O–H groups in total. The molecule has 0 saturated carbocycles. The average molecular weight is 225 g/mol. The van der Waals surface area contributed by atoms with Crippen LogP contribution in [0, 0.1) is 17.0 Å². The molecule has 0 unspecified atom stereocenters. The molecule has 0 amide bonds. The Balaban J connectivity index is 2.70. The number of rotatable bonds is 1. The third-order valence-electron chi connectivity index (χ3n) is 2.39. The van der Waals surface area contributed by atoms with Gasteiger partial charge in [-0.1, -0.05) is 12.1 Å². The van der Waals surface area contributed by atoms with Crippen LogP contribution in [0.5, 0.6) is 0 Å². The van der Waals surface area contributed by atoms with E-state index < -0.39 is 0 Å². The van der Waals surface area contributed by atoms with E-state index in [0.717, 1.165) is 0 Å². The summed E-state index contributed by atoms with van der Waals surface area (Å²) in [6.45, 7) is 2.29. The van der Waals surface area contributed by atoms with E-state index >= 15 is 0 Å². The van der Waals surface area contributed by atoms with E-state index in [1.165, 1.54) is 4.42 Å². The van der Waals surface area contributed by atoms with E-state index in [-0.39, 0.29) is 10.6 Å². The first-order valence-electron chi connectivity index (χ1n) is 4.49. The van der Waals surface area contributed by atoms with Gasteiger partial charge >= 0.3 is 0 Å². The van der Waals surface area contributed by atoms with E-state index in [0.29, 0.717) is 23.4 Å². The number of hydrogen-bond acceptors (Lipinski definition) is 3. The summed E-state index contributed by atoms with van der Waals surface area (Å²) >= 11 is 5.94. The quantitative estimate of drug-likeness (QED) is 0.419. The molecule has 1 aromatic rings. The molecular weight excluding hydrogens is 216 g/mol. The highest BCUT2D eigenvalue weighted by Gasteiger charge is 2.23. The van der Waals surface area contributed by atoms with Crippen molar-refractivity contribution >= 4 is 29.2 Å². The maximum Gasteiger partial charge on any atom is 0.281 e. The molecule has 1 aliphatic rings. The van der Waals surface area contributed by atoms with Gasteiger partial charge in [0.25, 0.3) is 5.69 Å². The van der Waals surface area contributed by atoms with Crippen molar-refractivity contribution in [3.63, 3.8) is 0 Å². The molecule has 1 heterocycles. The van der Waals surface area contributed by atoms with Gasteiger partial charge in [0.05, 0.1) is 22.7 Å². The van der Waals surface area contributed by atoms with Crippen LogP contribution in [0.4, 0.5) is 11.4 Å². The summed E-state index contributed by atoms with van der Waals surface area (Å²) in [4.78, 5) is 10.5. The van der Waals surface area contributed by atoms with Crippen LogP contribution < -0.4 is 4.42 Å². The zero-order chi connectivity index (χ0) is 11.0. The van der Waals surface area contributed by atoms with Gasteiger partial charge in [-0.05, 0) is 19.1 Å². The second kappa shape index (κ2) is 3.55. The van der Waals surface area contributed by atoms with Gasteiger partial charge in [0.15, 0.2) is 0 Å². The zero-order valence-corrected chi connectivity index (χ0v) is 8.86.